The van der Waals surface area contributed by atoms with Crippen molar-refractivity contribution in [2.45, 2.75) is 19.4 Å². The molecule has 1 nitrogen and oxygen atoms in total. The van der Waals surface area contributed by atoms with Crippen LogP contribution >= 0.6 is 27.7 Å². The fourth-order valence-corrected chi connectivity index (χ4v) is 2.85. The second-order valence-electron chi connectivity index (χ2n) is 4.17. The van der Waals surface area contributed by atoms with E-state index in [0.29, 0.717) is 5.54 Å². The van der Waals surface area contributed by atoms with Crippen LogP contribution < -0.4 is 0 Å². The van der Waals surface area contributed by atoms with Crippen LogP contribution in [-0.4, -0.2) is 40.4 Å². The number of hydrogen-bond acceptors (Lipinski definition) is 2. The van der Waals surface area contributed by atoms with Crippen LogP contribution in [0.5, 0.6) is 0 Å². The van der Waals surface area contributed by atoms with E-state index in [2.05, 4.69) is 53.0 Å². The van der Waals surface area contributed by atoms with Crippen molar-refractivity contribution in [2.24, 2.45) is 0 Å². The van der Waals surface area contributed by atoms with Crippen molar-refractivity contribution in [3.63, 3.8) is 0 Å². The first kappa shape index (κ1) is 11.6. The van der Waals surface area contributed by atoms with E-state index >= 15 is 0 Å². The first-order valence-electron chi connectivity index (χ1n) is 4.61. The molecule has 0 unspecified atom stereocenters. The first-order chi connectivity index (χ1) is 6.06. The number of thioether (sulfide) groups is 1. The van der Waals surface area contributed by atoms with Gasteiger partial charge in [0.1, 0.15) is 0 Å². The highest BCUT2D eigenvalue weighted by molar-refractivity contribution is 9.09. The third-order valence-corrected chi connectivity index (χ3v) is 4.60. The topological polar surface area (TPSA) is 3.24 Å². The normalized spacial score (nSPS) is 23.0. The number of rotatable bonds is 3. The molecule has 0 aromatic heterocycles. The van der Waals surface area contributed by atoms with E-state index in [9.17, 15) is 0 Å². The number of halogens is 1. The fraction of sp³-hybridized carbons (Fsp3) is 0.800. The van der Waals surface area contributed by atoms with Crippen LogP contribution in [-0.2, 0) is 0 Å². The molecule has 76 valence electrons. The Labute approximate surface area is 94.1 Å². The van der Waals surface area contributed by atoms with Crippen molar-refractivity contribution < 1.29 is 0 Å². The van der Waals surface area contributed by atoms with Crippen LogP contribution in [0.15, 0.2) is 12.2 Å². The number of hydrogen-bond donors (Lipinski definition) is 0. The lowest BCUT2D eigenvalue weighted by atomic mass is 10.0. The Kier molecular flexibility index (Phi) is 4.33. The second kappa shape index (κ2) is 4.85. The lowest BCUT2D eigenvalue weighted by Crippen LogP contribution is -2.50. The summed E-state index contributed by atoms with van der Waals surface area (Å²) in [5.41, 5.74) is 1.62. The van der Waals surface area contributed by atoms with Crippen LogP contribution in [0.1, 0.15) is 13.8 Å². The van der Waals surface area contributed by atoms with Gasteiger partial charge in [-0.3, -0.25) is 4.90 Å². The molecular formula is C10H18BrNS. The van der Waals surface area contributed by atoms with Crippen molar-refractivity contribution in [1.29, 1.82) is 0 Å². The van der Waals surface area contributed by atoms with Crippen LogP contribution in [0.2, 0.25) is 0 Å². The van der Waals surface area contributed by atoms with Crippen molar-refractivity contribution in [3.05, 3.63) is 12.2 Å². The molecule has 1 aliphatic heterocycles. The standard InChI is InChI=1S/C10H18BrNS/c1-9(6-11)7-12-4-5-13-8-10(12,2)3/h1,4-8H2,2-3H3. The van der Waals surface area contributed by atoms with Crippen LogP contribution in [0.25, 0.3) is 0 Å². The van der Waals surface area contributed by atoms with Gasteiger partial charge >= 0.3 is 0 Å². The summed E-state index contributed by atoms with van der Waals surface area (Å²) in [6.45, 7) is 10.9. The molecule has 1 heterocycles. The Balaban J connectivity index is 2.51. The van der Waals surface area contributed by atoms with Gasteiger partial charge in [-0.15, -0.1) is 0 Å². The van der Waals surface area contributed by atoms with Gasteiger partial charge in [0.05, 0.1) is 0 Å². The van der Waals surface area contributed by atoms with Gasteiger partial charge in [0, 0.05) is 35.5 Å². The molecule has 0 aromatic carbocycles. The zero-order valence-corrected chi connectivity index (χ0v) is 10.9. The van der Waals surface area contributed by atoms with E-state index in [0.717, 1.165) is 11.9 Å². The summed E-state index contributed by atoms with van der Waals surface area (Å²) in [5.74, 6) is 2.50. The van der Waals surface area contributed by atoms with Crippen LogP contribution in [0, 0.1) is 0 Å². The monoisotopic (exact) mass is 263 g/mol. The molecule has 0 amide bonds. The quantitative estimate of drug-likeness (QED) is 0.569. The molecular weight excluding hydrogens is 246 g/mol. The average Bonchev–Trinajstić information content (AvgIpc) is 2.08. The number of alkyl halides is 1. The minimum absolute atomic E-state index is 0.341. The highest BCUT2D eigenvalue weighted by Crippen LogP contribution is 2.26. The van der Waals surface area contributed by atoms with Gasteiger partial charge in [-0.1, -0.05) is 28.1 Å². The molecule has 0 aromatic rings. The van der Waals surface area contributed by atoms with Gasteiger partial charge in [0.2, 0.25) is 0 Å². The van der Waals surface area contributed by atoms with Crippen molar-refractivity contribution >= 4 is 27.7 Å². The summed E-state index contributed by atoms with van der Waals surface area (Å²) in [6, 6.07) is 0. The van der Waals surface area contributed by atoms with Crippen molar-refractivity contribution in [3.8, 4) is 0 Å². The van der Waals surface area contributed by atoms with Gasteiger partial charge in [0.15, 0.2) is 0 Å². The predicted octanol–water partition coefficient (Wildman–Crippen LogP) is 2.76. The highest BCUT2D eigenvalue weighted by atomic mass is 79.9. The summed E-state index contributed by atoms with van der Waals surface area (Å²) >= 11 is 5.50. The van der Waals surface area contributed by atoms with E-state index in [1.54, 1.807) is 0 Å². The number of nitrogens with zero attached hydrogens (tertiary/aromatic N) is 1. The molecule has 0 radical (unpaired) electrons. The van der Waals surface area contributed by atoms with Crippen LogP contribution in [0.3, 0.4) is 0 Å². The Morgan fingerprint density at radius 1 is 1.62 bits per heavy atom. The van der Waals surface area contributed by atoms with Crippen molar-refractivity contribution in [1.82, 2.24) is 4.90 Å². The predicted molar refractivity (Wildman–Crippen MR) is 65.9 cm³/mol. The molecule has 0 spiro atoms. The van der Waals surface area contributed by atoms with E-state index in [1.807, 2.05) is 0 Å². The minimum atomic E-state index is 0.341. The molecule has 0 bridgehead atoms. The van der Waals surface area contributed by atoms with E-state index in [-0.39, 0.29) is 0 Å². The fourth-order valence-electron chi connectivity index (χ4n) is 1.50. The third kappa shape index (κ3) is 3.30. The Morgan fingerprint density at radius 2 is 2.31 bits per heavy atom. The lowest BCUT2D eigenvalue weighted by molar-refractivity contribution is 0.159. The van der Waals surface area contributed by atoms with E-state index < -0.39 is 0 Å². The van der Waals surface area contributed by atoms with E-state index in [1.165, 1.54) is 23.6 Å². The molecule has 0 N–H and O–H groups in total. The maximum atomic E-state index is 4.04. The highest BCUT2D eigenvalue weighted by Gasteiger charge is 2.29. The largest absolute Gasteiger partial charge is 0.293 e. The zero-order valence-electron chi connectivity index (χ0n) is 8.48. The molecule has 0 atom stereocenters. The minimum Gasteiger partial charge on any atom is -0.293 e. The van der Waals surface area contributed by atoms with Crippen LogP contribution in [0.4, 0.5) is 0 Å². The van der Waals surface area contributed by atoms with Gasteiger partial charge in [-0.25, -0.2) is 0 Å². The maximum Gasteiger partial charge on any atom is 0.0251 e. The molecule has 1 fully saturated rings. The molecule has 3 heteroatoms. The van der Waals surface area contributed by atoms with Gasteiger partial charge < -0.3 is 0 Å². The Morgan fingerprint density at radius 3 is 2.85 bits per heavy atom. The summed E-state index contributed by atoms with van der Waals surface area (Å²) in [6.07, 6.45) is 0. The average molecular weight is 264 g/mol. The summed E-state index contributed by atoms with van der Waals surface area (Å²) in [5, 5.41) is 0.923. The van der Waals surface area contributed by atoms with Gasteiger partial charge in [-0.05, 0) is 13.8 Å². The molecule has 13 heavy (non-hydrogen) atoms. The maximum absolute atomic E-state index is 4.04. The Bertz CT molecular complexity index is 191. The lowest BCUT2D eigenvalue weighted by Gasteiger charge is -2.42. The van der Waals surface area contributed by atoms with Gasteiger partial charge in [-0.2, -0.15) is 11.8 Å². The third-order valence-electron chi connectivity index (χ3n) is 2.42. The van der Waals surface area contributed by atoms with E-state index in [4.69, 9.17) is 0 Å². The molecule has 0 saturated carbocycles. The summed E-state index contributed by atoms with van der Waals surface area (Å²) in [7, 11) is 0. The molecule has 1 saturated heterocycles. The van der Waals surface area contributed by atoms with Crippen molar-refractivity contribution in [2.75, 3.05) is 29.9 Å². The second-order valence-corrected chi connectivity index (χ2v) is 5.84. The molecule has 1 aliphatic rings. The summed E-state index contributed by atoms with van der Waals surface area (Å²) in [4.78, 5) is 2.53. The first-order valence-corrected chi connectivity index (χ1v) is 6.89. The SMILES string of the molecule is C=C(CBr)CN1CCSCC1(C)C. The molecule has 0 aliphatic carbocycles. The Hall–Kier alpha value is 0.530. The summed E-state index contributed by atoms with van der Waals surface area (Å²) < 4.78 is 0. The smallest absolute Gasteiger partial charge is 0.0251 e. The van der Waals surface area contributed by atoms with Gasteiger partial charge in [0.25, 0.3) is 0 Å². The molecule has 1 rings (SSSR count). The zero-order chi connectivity index (χ0) is 9.90.